The van der Waals surface area contributed by atoms with Gasteiger partial charge >= 0.3 is 5.97 Å². The van der Waals surface area contributed by atoms with Crippen LogP contribution in [-0.4, -0.2) is 24.7 Å². The summed E-state index contributed by atoms with van der Waals surface area (Å²) in [7, 11) is 1.51. The van der Waals surface area contributed by atoms with Gasteiger partial charge in [-0.25, -0.2) is 4.99 Å². The van der Waals surface area contributed by atoms with Crippen LogP contribution in [0.1, 0.15) is 52.4 Å². The lowest BCUT2D eigenvalue weighted by atomic mass is 9.48. The van der Waals surface area contributed by atoms with Crippen molar-refractivity contribution in [1.82, 2.24) is 0 Å². The highest BCUT2D eigenvalue weighted by atomic mass is 16.5. The maximum absolute atomic E-state index is 12.3. The molecule has 0 unspecified atom stereocenters. The van der Waals surface area contributed by atoms with E-state index in [2.05, 4.69) is 24.9 Å². The van der Waals surface area contributed by atoms with Crippen molar-refractivity contribution in [1.29, 1.82) is 0 Å². The minimum atomic E-state index is -0.104. The topological polar surface area (TPSA) is 55.7 Å². The molecule has 130 valence electrons. The van der Waals surface area contributed by atoms with E-state index < -0.39 is 0 Å². The van der Waals surface area contributed by atoms with Gasteiger partial charge in [0.2, 0.25) is 0 Å². The molecule has 24 heavy (non-hydrogen) atoms. The third kappa shape index (κ3) is 2.01. The summed E-state index contributed by atoms with van der Waals surface area (Å²) in [5.74, 6) is 1.69. The Bertz CT molecular complexity index is 651. The second-order valence-electron chi connectivity index (χ2n) is 8.63. The van der Waals surface area contributed by atoms with Gasteiger partial charge < -0.3 is 4.74 Å². The number of carbonyl (C=O) groups excluding carboxylic acids is 2. The van der Waals surface area contributed by atoms with Crippen LogP contribution in [0.2, 0.25) is 0 Å². The highest BCUT2D eigenvalue weighted by Gasteiger charge is 2.60. The molecule has 0 saturated heterocycles. The Labute approximate surface area is 143 Å². The number of hydrogen-bond acceptors (Lipinski definition) is 3. The number of ether oxygens (including phenoxy) is 1. The Morgan fingerprint density at radius 2 is 2.00 bits per heavy atom. The zero-order chi connectivity index (χ0) is 17.1. The number of dihydropyridines is 1. The van der Waals surface area contributed by atoms with Crippen molar-refractivity contribution in [3.05, 3.63) is 12.2 Å². The monoisotopic (exact) mass is 329 g/mol. The van der Waals surface area contributed by atoms with E-state index in [0.29, 0.717) is 17.8 Å². The lowest BCUT2D eigenvalue weighted by Gasteiger charge is -2.56. The number of aliphatic imine (C=N–C) groups is 1. The SMILES string of the molecule is COC(=O)[C@H]1CC[C@H]2[C@@H]3CCC4=NC(=O)C=C[C@]4(C)[C@H]3CC[C@]12C. The van der Waals surface area contributed by atoms with Gasteiger partial charge in [0.25, 0.3) is 5.91 Å². The van der Waals surface area contributed by atoms with Crippen LogP contribution in [0, 0.1) is 34.5 Å². The Kier molecular flexibility index (Phi) is 3.52. The van der Waals surface area contributed by atoms with Crippen LogP contribution < -0.4 is 0 Å². The number of rotatable bonds is 1. The van der Waals surface area contributed by atoms with E-state index in [1.807, 2.05) is 0 Å². The molecule has 1 heterocycles. The van der Waals surface area contributed by atoms with Crippen molar-refractivity contribution in [2.24, 2.45) is 39.5 Å². The predicted molar refractivity (Wildman–Crippen MR) is 91.5 cm³/mol. The smallest absolute Gasteiger partial charge is 0.309 e. The zero-order valence-electron chi connectivity index (χ0n) is 14.9. The van der Waals surface area contributed by atoms with Crippen molar-refractivity contribution in [3.8, 4) is 0 Å². The molecule has 6 atom stereocenters. The molecular formula is C20H27NO3. The van der Waals surface area contributed by atoms with E-state index in [1.54, 1.807) is 6.08 Å². The van der Waals surface area contributed by atoms with E-state index >= 15 is 0 Å². The summed E-state index contributed by atoms with van der Waals surface area (Å²) in [5.41, 5.74) is 1.09. The molecule has 4 heteroatoms. The maximum Gasteiger partial charge on any atom is 0.309 e. The zero-order valence-corrected chi connectivity index (χ0v) is 14.9. The van der Waals surface area contributed by atoms with Crippen molar-refractivity contribution >= 4 is 17.6 Å². The first-order valence-corrected chi connectivity index (χ1v) is 9.29. The molecule has 4 nitrogen and oxygen atoms in total. The largest absolute Gasteiger partial charge is 0.469 e. The van der Waals surface area contributed by atoms with Crippen LogP contribution >= 0.6 is 0 Å². The molecule has 0 aromatic heterocycles. The number of hydrogen-bond donors (Lipinski definition) is 0. The number of carbonyl (C=O) groups is 2. The molecule has 0 aromatic rings. The van der Waals surface area contributed by atoms with Crippen LogP contribution in [0.15, 0.2) is 17.1 Å². The summed E-state index contributed by atoms with van der Waals surface area (Å²) in [6, 6.07) is 0. The summed E-state index contributed by atoms with van der Waals surface area (Å²) in [4.78, 5) is 28.3. The third-order valence-electron chi connectivity index (χ3n) is 7.85. The highest BCUT2D eigenvalue weighted by Crippen LogP contribution is 2.64. The van der Waals surface area contributed by atoms with Crippen molar-refractivity contribution in [2.45, 2.75) is 52.4 Å². The van der Waals surface area contributed by atoms with Gasteiger partial charge in [-0.1, -0.05) is 19.9 Å². The Hall–Kier alpha value is -1.45. The molecule has 1 amide bonds. The second kappa shape index (κ2) is 5.27. The second-order valence-corrected chi connectivity index (χ2v) is 8.63. The van der Waals surface area contributed by atoms with E-state index in [0.717, 1.165) is 44.2 Å². The number of fused-ring (bicyclic) bond motifs is 5. The minimum Gasteiger partial charge on any atom is -0.469 e. The fraction of sp³-hybridized carbons (Fsp3) is 0.750. The normalized spacial score (nSPS) is 46.6. The van der Waals surface area contributed by atoms with Crippen LogP contribution in [0.25, 0.3) is 0 Å². The standard InChI is InChI=1S/C20H27NO3/c1-19-10-8-14-12(13(19)5-6-15(19)18(23)24-3)4-7-16-20(14,2)11-9-17(22)21-16/h9,11-15H,4-8,10H2,1-3H3/t12-,13-,14-,15+,19-,20+/m0/s1. The number of esters is 1. The number of allylic oxidation sites excluding steroid dienone is 1. The Morgan fingerprint density at radius 3 is 2.75 bits per heavy atom. The molecule has 0 spiro atoms. The maximum atomic E-state index is 12.3. The summed E-state index contributed by atoms with van der Waals surface area (Å²) in [5, 5.41) is 0. The molecule has 0 N–H and O–H groups in total. The molecular weight excluding hydrogens is 302 g/mol. The molecule has 3 aliphatic carbocycles. The van der Waals surface area contributed by atoms with Crippen LogP contribution in [0.4, 0.5) is 0 Å². The van der Waals surface area contributed by atoms with Crippen LogP contribution in [0.5, 0.6) is 0 Å². The van der Waals surface area contributed by atoms with Gasteiger partial charge in [-0.3, -0.25) is 9.59 Å². The van der Waals surface area contributed by atoms with Gasteiger partial charge in [-0.05, 0) is 61.7 Å². The molecule has 4 aliphatic rings. The molecule has 0 aromatic carbocycles. The average molecular weight is 329 g/mol. The van der Waals surface area contributed by atoms with Crippen LogP contribution in [-0.2, 0) is 14.3 Å². The molecule has 0 radical (unpaired) electrons. The summed E-state index contributed by atoms with van der Waals surface area (Å²) in [6.45, 7) is 4.58. The first kappa shape index (κ1) is 16.0. The van der Waals surface area contributed by atoms with Crippen molar-refractivity contribution in [3.63, 3.8) is 0 Å². The van der Waals surface area contributed by atoms with Gasteiger partial charge in [-0.15, -0.1) is 0 Å². The lowest BCUT2D eigenvalue weighted by molar-refractivity contribution is -0.152. The van der Waals surface area contributed by atoms with E-state index in [-0.39, 0.29) is 28.6 Å². The first-order chi connectivity index (χ1) is 11.4. The molecule has 4 rings (SSSR count). The summed E-state index contributed by atoms with van der Waals surface area (Å²) < 4.78 is 5.10. The summed E-state index contributed by atoms with van der Waals surface area (Å²) in [6.07, 6.45) is 10.1. The minimum absolute atomic E-state index is 0.0223. The summed E-state index contributed by atoms with van der Waals surface area (Å²) >= 11 is 0. The van der Waals surface area contributed by atoms with Gasteiger partial charge in [0.05, 0.1) is 13.0 Å². The lowest BCUT2D eigenvalue weighted by Crippen LogP contribution is -2.52. The molecule has 3 fully saturated rings. The quantitative estimate of drug-likeness (QED) is 0.691. The third-order valence-corrected chi connectivity index (χ3v) is 7.85. The van der Waals surface area contributed by atoms with Gasteiger partial charge in [0.1, 0.15) is 0 Å². The molecule has 0 bridgehead atoms. The number of methoxy groups -OCH3 is 1. The highest BCUT2D eigenvalue weighted by molar-refractivity contribution is 6.07. The fourth-order valence-corrected chi connectivity index (χ4v) is 6.56. The molecule has 1 aliphatic heterocycles. The first-order valence-electron chi connectivity index (χ1n) is 9.29. The van der Waals surface area contributed by atoms with Crippen LogP contribution in [0.3, 0.4) is 0 Å². The number of amides is 1. The fourth-order valence-electron chi connectivity index (χ4n) is 6.56. The average Bonchev–Trinajstić information content (AvgIpc) is 2.92. The van der Waals surface area contributed by atoms with Gasteiger partial charge in [0.15, 0.2) is 0 Å². The van der Waals surface area contributed by atoms with Gasteiger partial charge in [0, 0.05) is 17.2 Å². The van der Waals surface area contributed by atoms with E-state index in [4.69, 9.17) is 4.74 Å². The predicted octanol–water partition coefficient (Wildman–Crippen LogP) is 3.56. The van der Waals surface area contributed by atoms with Crippen molar-refractivity contribution in [2.75, 3.05) is 7.11 Å². The van der Waals surface area contributed by atoms with E-state index in [1.165, 1.54) is 7.11 Å². The molecule has 3 saturated carbocycles. The van der Waals surface area contributed by atoms with Gasteiger partial charge in [-0.2, -0.15) is 0 Å². The Balaban J connectivity index is 1.66. The Morgan fingerprint density at radius 1 is 1.21 bits per heavy atom. The number of nitrogens with zero attached hydrogens (tertiary/aromatic N) is 1. The van der Waals surface area contributed by atoms with Crippen molar-refractivity contribution < 1.29 is 14.3 Å². The van der Waals surface area contributed by atoms with E-state index in [9.17, 15) is 9.59 Å².